The summed E-state index contributed by atoms with van der Waals surface area (Å²) in [5, 5.41) is 11.0. The lowest BCUT2D eigenvalue weighted by Gasteiger charge is -2.08. The zero-order chi connectivity index (χ0) is 17.8. The van der Waals surface area contributed by atoms with E-state index in [1.54, 1.807) is 18.2 Å². The van der Waals surface area contributed by atoms with E-state index in [1.165, 1.54) is 18.1 Å². The lowest BCUT2D eigenvalue weighted by molar-refractivity contribution is 0.0600. The van der Waals surface area contributed by atoms with Crippen LogP contribution in [0.2, 0.25) is 0 Å². The molecule has 0 aliphatic rings. The normalized spacial score (nSPS) is 10.3. The third-order valence-corrected chi connectivity index (χ3v) is 3.62. The number of nitrogens with zero attached hydrogens (tertiary/aromatic N) is 3. The molecule has 2 aromatic carbocycles. The Morgan fingerprint density at radius 1 is 1.12 bits per heavy atom. The molecular formula is C18H16N4O3. The molecule has 0 saturated heterocycles. The fraction of sp³-hybridized carbons (Fsp3) is 0.111. The van der Waals surface area contributed by atoms with E-state index in [2.05, 4.69) is 15.5 Å². The van der Waals surface area contributed by atoms with Crippen molar-refractivity contribution in [1.82, 2.24) is 15.0 Å². The van der Waals surface area contributed by atoms with Crippen molar-refractivity contribution in [2.75, 3.05) is 12.4 Å². The maximum Gasteiger partial charge on any atom is 0.337 e. The quantitative estimate of drug-likeness (QED) is 0.740. The largest absolute Gasteiger partial charge is 0.465 e. The third kappa shape index (κ3) is 3.55. The van der Waals surface area contributed by atoms with Crippen molar-refractivity contribution in [2.45, 2.75) is 6.92 Å². The van der Waals surface area contributed by atoms with Gasteiger partial charge >= 0.3 is 5.97 Å². The van der Waals surface area contributed by atoms with E-state index in [0.717, 1.165) is 11.3 Å². The van der Waals surface area contributed by atoms with Crippen molar-refractivity contribution < 1.29 is 14.3 Å². The number of rotatable bonds is 4. The van der Waals surface area contributed by atoms with Crippen LogP contribution in [0.25, 0.3) is 5.69 Å². The van der Waals surface area contributed by atoms with Gasteiger partial charge in [-0.05, 0) is 36.8 Å². The highest BCUT2D eigenvalue weighted by molar-refractivity contribution is 6.03. The number of hydrogen-bond acceptors (Lipinski definition) is 5. The summed E-state index contributed by atoms with van der Waals surface area (Å²) in [4.78, 5) is 25.4. The number of benzene rings is 2. The fourth-order valence-corrected chi connectivity index (χ4v) is 2.24. The van der Waals surface area contributed by atoms with Crippen LogP contribution < -0.4 is 5.32 Å². The maximum atomic E-state index is 12.4. The van der Waals surface area contributed by atoms with Crippen molar-refractivity contribution in [3.05, 3.63) is 71.5 Å². The number of aryl methyl sites for hydroxylation is 1. The second-order valence-corrected chi connectivity index (χ2v) is 5.33. The summed E-state index contributed by atoms with van der Waals surface area (Å²) >= 11 is 0. The predicted molar refractivity (Wildman–Crippen MR) is 91.8 cm³/mol. The van der Waals surface area contributed by atoms with E-state index in [9.17, 15) is 9.59 Å². The van der Waals surface area contributed by atoms with Crippen LogP contribution in [0.3, 0.4) is 0 Å². The first-order valence-electron chi connectivity index (χ1n) is 7.56. The minimum Gasteiger partial charge on any atom is -0.465 e. The van der Waals surface area contributed by atoms with Gasteiger partial charge in [-0.3, -0.25) is 4.79 Å². The van der Waals surface area contributed by atoms with Crippen LogP contribution in [-0.2, 0) is 4.74 Å². The maximum absolute atomic E-state index is 12.4. The molecular weight excluding hydrogens is 320 g/mol. The fourth-order valence-electron chi connectivity index (χ4n) is 2.24. The van der Waals surface area contributed by atoms with Gasteiger partial charge in [-0.25, -0.2) is 4.79 Å². The highest BCUT2D eigenvalue weighted by atomic mass is 16.5. The van der Waals surface area contributed by atoms with Crippen LogP contribution in [0, 0.1) is 6.92 Å². The molecule has 7 heteroatoms. The van der Waals surface area contributed by atoms with E-state index in [-0.39, 0.29) is 5.69 Å². The number of esters is 1. The van der Waals surface area contributed by atoms with Crippen molar-refractivity contribution in [2.24, 2.45) is 0 Å². The third-order valence-electron chi connectivity index (χ3n) is 3.62. The molecule has 7 nitrogen and oxygen atoms in total. The van der Waals surface area contributed by atoms with E-state index in [1.807, 2.05) is 37.3 Å². The molecule has 0 aliphatic carbocycles. The minimum absolute atomic E-state index is 0.173. The Morgan fingerprint density at radius 2 is 1.88 bits per heavy atom. The zero-order valence-corrected chi connectivity index (χ0v) is 13.8. The van der Waals surface area contributed by atoms with Crippen molar-refractivity contribution in [1.29, 1.82) is 0 Å². The average Bonchev–Trinajstić information content (AvgIpc) is 3.14. The van der Waals surface area contributed by atoms with E-state index in [4.69, 9.17) is 4.74 Å². The molecule has 0 atom stereocenters. The molecule has 0 unspecified atom stereocenters. The standard InChI is InChI=1S/C18H16N4O3/c1-12-8-9-13(18(24)25-2)10-15(12)20-17(23)16-11-19-22(21-16)14-6-4-3-5-7-14/h3-11H,1-2H3,(H,20,23). The Hall–Kier alpha value is -3.48. The van der Waals surface area contributed by atoms with Gasteiger partial charge in [0.05, 0.1) is 24.6 Å². The summed E-state index contributed by atoms with van der Waals surface area (Å²) in [5.74, 6) is -0.877. The van der Waals surface area contributed by atoms with Gasteiger partial charge in [0.25, 0.3) is 5.91 Å². The van der Waals surface area contributed by atoms with Crippen LogP contribution in [0.15, 0.2) is 54.7 Å². The summed E-state index contributed by atoms with van der Waals surface area (Å²) in [6, 6.07) is 14.2. The van der Waals surface area contributed by atoms with Gasteiger partial charge in [-0.1, -0.05) is 24.3 Å². The van der Waals surface area contributed by atoms with Gasteiger partial charge in [0.1, 0.15) is 0 Å². The van der Waals surface area contributed by atoms with Gasteiger partial charge in [0, 0.05) is 5.69 Å². The first-order chi connectivity index (χ1) is 12.1. The number of nitrogens with one attached hydrogen (secondary N) is 1. The molecule has 25 heavy (non-hydrogen) atoms. The van der Waals surface area contributed by atoms with Crippen LogP contribution >= 0.6 is 0 Å². The smallest absolute Gasteiger partial charge is 0.337 e. The SMILES string of the molecule is COC(=O)c1ccc(C)c(NC(=O)c2cnn(-c3ccccc3)n2)c1. The highest BCUT2D eigenvalue weighted by Crippen LogP contribution is 2.18. The van der Waals surface area contributed by atoms with E-state index in [0.29, 0.717) is 11.3 Å². The first-order valence-corrected chi connectivity index (χ1v) is 7.56. The molecule has 1 amide bonds. The molecule has 1 heterocycles. The number of carbonyl (C=O) groups is 2. The second kappa shape index (κ2) is 6.96. The summed E-state index contributed by atoms with van der Waals surface area (Å²) in [6.07, 6.45) is 1.39. The molecule has 0 radical (unpaired) electrons. The van der Waals surface area contributed by atoms with Gasteiger partial charge in [-0.15, -0.1) is 5.10 Å². The molecule has 3 aromatic rings. The number of ether oxygens (including phenoxy) is 1. The van der Waals surface area contributed by atoms with E-state index >= 15 is 0 Å². The minimum atomic E-state index is -0.467. The molecule has 126 valence electrons. The number of methoxy groups -OCH3 is 1. The zero-order valence-electron chi connectivity index (χ0n) is 13.8. The molecule has 0 aliphatic heterocycles. The Labute approximate surface area is 144 Å². The number of para-hydroxylation sites is 1. The van der Waals surface area contributed by atoms with Gasteiger partial charge < -0.3 is 10.1 Å². The molecule has 0 fully saturated rings. The lowest BCUT2D eigenvalue weighted by Crippen LogP contribution is -2.15. The van der Waals surface area contributed by atoms with Gasteiger partial charge in [0.2, 0.25) is 0 Å². The van der Waals surface area contributed by atoms with E-state index < -0.39 is 11.9 Å². The van der Waals surface area contributed by atoms with Crippen molar-refractivity contribution in [3.63, 3.8) is 0 Å². The Morgan fingerprint density at radius 3 is 2.60 bits per heavy atom. The monoisotopic (exact) mass is 336 g/mol. The van der Waals surface area contributed by atoms with Crippen molar-refractivity contribution >= 4 is 17.6 Å². The number of hydrogen-bond donors (Lipinski definition) is 1. The van der Waals surface area contributed by atoms with Crippen LogP contribution in [-0.4, -0.2) is 34.0 Å². The topological polar surface area (TPSA) is 86.1 Å². The Bertz CT molecular complexity index is 919. The number of aromatic nitrogens is 3. The lowest BCUT2D eigenvalue weighted by atomic mass is 10.1. The number of carbonyl (C=O) groups excluding carboxylic acids is 2. The molecule has 0 bridgehead atoms. The Balaban J connectivity index is 1.81. The highest BCUT2D eigenvalue weighted by Gasteiger charge is 2.14. The molecule has 0 spiro atoms. The van der Waals surface area contributed by atoms with Gasteiger partial charge in [-0.2, -0.15) is 9.90 Å². The van der Waals surface area contributed by atoms with Gasteiger partial charge in [0.15, 0.2) is 5.69 Å². The van der Waals surface area contributed by atoms with Crippen LogP contribution in [0.4, 0.5) is 5.69 Å². The first kappa shape index (κ1) is 16.4. The average molecular weight is 336 g/mol. The molecule has 3 rings (SSSR count). The summed E-state index contributed by atoms with van der Waals surface area (Å²) in [7, 11) is 1.31. The predicted octanol–water partition coefficient (Wildman–Crippen LogP) is 2.61. The van der Waals surface area contributed by atoms with Crippen LogP contribution in [0.5, 0.6) is 0 Å². The van der Waals surface area contributed by atoms with Crippen LogP contribution in [0.1, 0.15) is 26.4 Å². The summed E-state index contributed by atoms with van der Waals surface area (Å²) in [6.45, 7) is 1.83. The summed E-state index contributed by atoms with van der Waals surface area (Å²) < 4.78 is 4.70. The number of amides is 1. The number of anilines is 1. The van der Waals surface area contributed by atoms with Crippen molar-refractivity contribution in [3.8, 4) is 5.69 Å². The molecule has 0 saturated carbocycles. The second-order valence-electron chi connectivity index (χ2n) is 5.33. The molecule has 1 N–H and O–H groups in total. The summed E-state index contributed by atoms with van der Waals surface area (Å²) in [5.41, 5.74) is 2.62. The Kier molecular flexibility index (Phi) is 4.56. The molecule has 1 aromatic heterocycles.